The molecule has 4 heteroatoms. The summed E-state index contributed by atoms with van der Waals surface area (Å²) in [7, 11) is 0. The molecule has 0 aromatic rings. The van der Waals surface area contributed by atoms with Gasteiger partial charge in [0, 0.05) is 17.4 Å². The van der Waals surface area contributed by atoms with Crippen molar-refractivity contribution in [3.8, 4) is 0 Å². The molecule has 1 saturated heterocycles. The molecule has 1 N–H and O–H groups in total. The van der Waals surface area contributed by atoms with E-state index in [2.05, 4.69) is 29.8 Å². The van der Waals surface area contributed by atoms with Crippen LogP contribution in [0.3, 0.4) is 0 Å². The molecule has 0 unspecified atom stereocenters. The largest absolute Gasteiger partial charge is 0.379 e. The smallest absolute Gasteiger partial charge is 0.0591 e. The first-order valence-electron chi connectivity index (χ1n) is 2.69. The van der Waals surface area contributed by atoms with E-state index in [1.807, 2.05) is 4.31 Å². The first-order chi connectivity index (χ1) is 4.41. The summed E-state index contributed by atoms with van der Waals surface area (Å²) in [6.07, 6.45) is 0. The molecular formula is C5H9NOS2. The molecule has 1 fully saturated rings. The van der Waals surface area contributed by atoms with Crippen molar-refractivity contribution in [3.63, 3.8) is 0 Å². The molecule has 0 amide bonds. The summed E-state index contributed by atoms with van der Waals surface area (Å²) in [5, 5.41) is 3.16. The Kier molecular flexibility index (Phi) is 8.27. The van der Waals surface area contributed by atoms with Gasteiger partial charge in [-0.15, -0.1) is 0 Å². The summed E-state index contributed by atoms with van der Waals surface area (Å²) < 4.78 is 6.92. The lowest BCUT2D eigenvalue weighted by atomic mass is 10.5. The molecule has 2 nitrogen and oxygen atoms in total. The fourth-order valence-corrected chi connectivity index (χ4v) is 0.516. The number of morpholine rings is 1. The second kappa shape index (κ2) is 8.14. The Morgan fingerprint density at radius 1 is 1.22 bits per heavy atom. The minimum atomic E-state index is 0.889. The van der Waals surface area contributed by atoms with Crippen LogP contribution in [0.2, 0.25) is 0 Å². The zero-order chi connectivity index (χ0) is 6.95. The second-order valence-electron chi connectivity index (χ2n) is 1.45. The summed E-state index contributed by atoms with van der Waals surface area (Å²) in [6.45, 7) is 3.83. The minimum Gasteiger partial charge on any atom is -0.379 e. The maximum atomic E-state index is 5.01. The average Bonchev–Trinajstić information content (AvgIpc) is 1.93. The molecule has 1 aliphatic heterocycles. The van der Waals surface area contributed by atoms with Crippen molar-refractivity contribution in [1.82, 2.24) is 5.32 Å². The molecule has 1 aliphatic rings. The van der Waals surface area contributed by atoms with Crippen molar-refractivity contribution in [2.24, 2.45) is 0 Å². The van der Waals surface area contributed by atoms with Crippen molar-refractivity contribution >= 4 is 28.7 Å². The van der Waals surface area contributed by atoms with Gasteiger partial charge in [0.25, 0.3) is 0 Å². The quantitative estimate of drug-likeness (QED) is 0.528. The van der Waals surface area contributed by atoms with E-state index in [4.69, 9.17) is 4.74 Å². The topological polar surface area (TPSA) is 21.3 Å². The van der Waals surface area contributed by atoms with E-state index in [0.717, 1.165) is 26.3 Å². The molecule has 0 spiro atoms. The van der Waals surface area contributed by atoms with Crippen molar-refractivity contribution in [1.29, 1.82) is 0 Å². The van der Waals surface area contributed by atoms with Gasteiger partial charge in [-0.05, 0) is 24.4 Å². The lowest BCUT2D eigenvalue weighted by molar-refractivity contribution is 0.109. The van der Waals surface area contributed by atoms with Gasteiger partial charge in [-0.1, -0.05) is 0 Å². The third-order valence-corrected chi connectivity index (χ3v) is 0.846. The number of rotatable bonds is 0. The van der Waals surface area contributed by atoms with Gasteiger partial charge in [0.05, 0.1) is 13.2 Å². The van der Waals surface area contributed by atoms with Crippen LogP contribution in [0, 0.1) is 0 Å². The van der Waals surface area contributed by atoms with Crippen LogP contribution in [0.5, 0.6) is 0 Å². The first-order valence-corrected chi connectivity index (χ1v) is 3.51. The highest BCUT2D eigenvalue weighted by atomic mass is 32.1. The predicted octanol–water partition coefficient (Wildman–Crippen LogP) is 0.624. The molecule has 0 bridgehead atoms. The maximum absolute atomic E-state index is 5.01. The van der Waals surface area contributed by atoms with Crippen molar-refractivity contribution in [2.45, 2.75) is 0 Å². The number of nitrogens with one attached hydrogen (secondary N) is 1. The van der Waals surface area contributed by atoms with Crippen molar-refractivity contribution < 1.29 is 4.74 Å². The summed E-state index contributed by atoms with van der Waals surface area (Å²) in [4.78, 5) is 0. The maximum Gasteiger partial charge on any atom is 0.0591 e. The second-order valence-corrected chi connectivity index (χ2v) is 2.11. The van der Waals surface area contributed by atoms with Crippen molar-refractivity contribution in [2.75, 3.05) is 26.3 Å². The van der Waals surface area contributed by atoms with Gasteiger partial charge < -0.3 is 10.1 Å². The van der Waals surface area contributed by atoms with E-state index in [1.54, 1.807) is 0 Å². The number of hydrogen-bond donors (Lipinski definition) is 1. The van der Waals surface area contributed by atoms with E-state index < -0.39 is 0 Å². The normalized spacial score (nSPS) is 16.9. The Morgan fingerprint density at radius 2 is 1.67 bits per heavy atom. The zero-order valence-corrected chi connectivity index (χ0v) is 6.69. The fourth-order valence-electron chi connectivity index (χ4n) is 0.516. The third-order valence-electron chi connectivity index (χ3n) is 0.846. The standard InChI is InChI=1S/C4H9NO.CS2/c1-3-6-4-2-5-1;2-1-3/h5H,1-4H2;. The summed E-state index contributed by atoms with van der Waals surface area (Å²) in [5.74, 6) is 0. The Balaban J connectivity index is 0.000000187. The Morgan fingerprint density at radius 3 is 1.78 bits per heavy atom. The highest BCUT2D eigenvalue weighted by molar-refractivity contribution is 7.93. The summed E-state index contributed by atoms with van der Waals surface area (Å²) >= 11 is 7.92. The van der Waals surface area contributed by atoms with Gasteiger partial charge in [0.1, 0.15) is 0 Å². The van der Waals surface area contributed by atoms with Crippen LogP contribution in [-0.4, -0.2) is 30.6 Å². The zero-order valence-electron chi connectivity index (χ0n) is 5.05. The van der Waals surface area contributed by atoms with E-state index >= 15 is 0 Å². The molecule has 0 aliphatic carbocycles. The van der Waals surface area contributed by atoms with Crippen LogP contribution in [0.25, 0.3) is 0 Å². The van der Waals surface area contributed by atoms with Crippen LogP contribution in [0.1, 0.15) is 0 Å². The predicted molar refractivity (Wildman–Crippen MR) is 43.9 cm³/mol. The van der Waals surface area contributed by atoms with Gasteiger partial charge in [-0.2, -0.15) is 0 Å². The van der Waals surface area contributed by atoms with Crippen LogP contribution >= 0.6 is 24.4 Å². The Bertz CT molecular complexity index is 75.4. The molecule has 9 heavy (non-hydrogen) atoms. The molecule has 0 radical (unpaired) electrons. The van der Waals surface area contributed by atoms with E-state index in [-0.39, 0.29) is 0 Å². The van der Waals surface area contributed by atoms with Crippen LogP contribution in [0.4, 0.5) is 0 Å². The third kappa shape index (κ3) is 8.14. The molecule has 0 aromatic heterocycles. The summed E-state index contributed by atoms with van der Waals surface area (Å²) in [5.41, 5.74) is 0. The molecule has 52 valence electrons. The van der Waals surface area contributed by atoms with E-state index in [1.165, 1.54) is 0 Å². The average molecular weight is 163 g/mol. The van der Waals surface area contributed by atoms with Gasteiger partial charge in [-0.25, -0.2) is 0 Å². The van der Waals surface area contributed by atoms with Gasteiger partial charge in [0.2, 0.25) is 0 Å². The first kappa shape index (κ1) is 9.14. The number of thiocarbonyl (C=S) groups is 2. The Hall–Kier alpha value is 0.140. The fraction of sp³-hybridized carbons (Fsp3) is 0.800. The number of ether oxygens (including phenoxy) is 1. The molecule has 0 aromatic carbocycles. The number of hydrogen-bond acceptors (Lipinski definition) is 4. The molecule has 0 saturated carbocycles. The lowest BCUT2D eigenvalue weighted by Gasteiger charge is -2.10. The molecule has 1 heterocycles. The lowest BCUT2D eigenvalue weighted by Crippen LogP contribution is -2.30. The van der Waals surface area contributed by atoms with Crippen LogP contribution < -0.4 is 5.32 Å². The van der Waals surface area contributed by atoms with E-state index in [0.29, 0.717) is 0 Å². The highest BCUT2D eigenvalue weighted by Crippen LogP contribution is 1.76. The van der Waals surface area contributed by atoms with Crippen molar-refractivity contribution in [3.05, 3.63) is 0 Å². The Labute approximate surface area is 65.6 Å². The SMILES string of the molecule is C1COCCN1.S=C=S. The summed E-state index contributed by atoms with van der Waals surface area (Å²) in [6, 6.07) is 0. The van der Waals surface area contributed by atoms with Gasteiger partial charge in [0.15, 0.2) is 0 Å². The van der Waals surface area contributed by atoms with Gasteiger partial charge in [-0.3, -0.25) is 0 Å². The molecular weight excluding hydrogens is 154 g/mol. The monoisotopic (exact) mass is 163 g/mol. The van der Waals surface area contributed by atoms with Gasteiger partial charge >= 0.3 is 0 Å². The highest BCUT2D eigenvalue weighted by Gasteiger charge is 1.92. The molecule has 1 rings (SSSR count). The van der Waals surface area contributed by atoms with Crippen LogP contribution in [-0.2, 0) is 4.74 Å². The minimum absolute atomic E-state index is 0.889. The van der Waals surface area contributed by atoms with E-state index in [9.17, 15) is 0 Å². The molecule has 0 atom stereocenters. The van der Waals surface area contributed by atoms with Crippen LogP contribution in [0.15, 0.2) is 0 Å².